The summed E-state index contributed by atoms with van der Waals surface area (Å²) in [6.45, 7) is 6.19. The van der Waals surface area contributed by atoms with E-state index in [4.69, 9.17) is 0 Å². The van der Waals surface area contributed by atoms with Gasteiger partial charge in [0.25, 0.3) is 0 Å². The van der Waals surface area contributed by atoms with Crippen LogP contribution in [0, 0.1) is 0 Å². The molecule has 0 radical (unpaired) electrons. The third kappa shape index (κ3) is 2.48. The zero-order valence-electron chi connectivity index (χ0n) is 9.47. The molecule has 0 aromatic heterocycles. The summed E-state index contributed by atoms with van der Waals surface area (Å²) < 4.78 is 0. The molecular formula is C12H24N2. The first-order valence-corrected chi connectivity index (χ1v) is 6.37. The van der Waals surface area contributed by atoms with E-state index >= 15 is 0 Å². The number of rotatable bonds is 4. The minimum absolute atomic E-state index is 0.820. The van der Waals surface area contributed by atoms with Gasteiger partial charge in [-0.2, -0.15) is 0 Å². The largest absolute Gasteiger partial charge is 0.314 e. The van der Waals surface area contributed by atoms with Crippen molar-refractivity contribution in [3.05, 3.63) is 0 Å². The van der Waals surface area contributed by atoms with Crippen LogP contribution in [0.1, 0.15) is 45.4 Å². The number of nitrogens with one attached hydrogen (secondary N) is 1. The average molecular weight is 196 g/mol. The minimum atomic E-state index is 0.820. The van der Waals surface area contributed by atoms with Crippen molar-refractivity contribution < 1.29 is 0 Å². The molecule has 1 aliphatic carbocycles. The van der Waals surface area contributed by atoms with Crippen LogP contribution in [0.4, 0.5) is 0 Å². The van der Waals surface area contributed by atoms with Crippen LogP contribution in [-0.4, -0.2) is 36.6 Å². The number of hydrogen-bond donors (Lipinski definition) is 1. The van der Waals surface area contributed by atoms with Gasteiger partial charge in [-0.05, 0) is 58.2 Å². The smallest absolute Gasteiger partial charge is 0.0111 e. The topological polar surface area (TPSA) is 15.3 Å². The maximum absolute atomic E-state index is 3.66. The second-order valence-corrected chi connectivity index (χ2v) is 4.86. The highest BCUT2D eigenvalue weighted by molar-refractivity contribution is 4.88. The van der Waals surface area contributed by atoms with Gasteiger partial charge in [-0.25, -0.2) is 0 Å². The molecule has 14 heavy (non-hydrogen) atoms. The van der Waals surface area contributed by atoms with E-state index in [0.29, 0.717) is 0 Å². The molecule has 2 aliphatic rings. The number of hydrogen-bond acceptors (Lipinski definition) is 2. The van der Waals surface area contributed by atoms with Gasteiger partial charge in [0.2, 0.25) is 0 Å². The zero-order chi connectivity index (χ0) is 9.80. The van der Waals surface area contributed by atoms with E-state index in [1.54, 1.807) is 0 Å². The standard InChI is InChI=1S/C12H24N2/c1-2-7-13-11-5-6-12(10-11)14-8-3-4-9-14/h11-13H,2-10H2,1H3. The molecule has 0 bridgehead atoms. The van der Waals surface area contributed by atoms with Crippen LogP contribution in [0.15, 0.2) is 0 Å². The van der Waals surface area contributed by atoms with E-state index in [1.165, 1.54) is 58.2 Å². The predicted molar refractivity (Wildman–Crippen MR) is 60.5 cm³/mol. The molecule has 0 spiro atoms. The minimum Gasteiger partial charge on any atom is -0.314 e. The summed E-state index contributed by atoms with van der Waals surface area (Å²) in [6.07, 6.45) is 8.38. The molecule has 2 fully saturated rings. The highest BCUT2D eigenvalue weighted by Crippen LogP contribution is 2.26. The Morgan fingerprint density at radius 3 is 2.71 bits per heavy atom. The van der Waals surface area contributed by atoms with Gasteiger partial charge in [-0.3, -0.25) is 0 Å². The molecule has 1 heterocycles. The van der Waals surface area contributed by atoms with Gasteiger partial charge >= 0.3 is 0 Å². The zero-order valence-corrected chi connectivity index (χ0v) is 9.47. The van der Waals surface area contributed by atoms with Crippen molar-refractivity contribution in [1.29, 1.82) is 0 Å². The molecule has 82 valence electrons. The summed E-state index contributed by atoms with van der Waals surface area (Å²) in [5.74, 6) is 0. The Hall–Kier alpha value is -0.0800. The van der Waals surface area contributed by atoms with E-state index < -0.39 is 0 Å². The van der Waals surface area contributed by atoms with Crippen molar-refractivity contribution in [2.45, 2.75) is 57.5 Å². The SMILES string of the molecule is CCCNC1CCC(N2CCCC2)C1. The fraction of sp³-hybridized carbons (Fsp3) is 1.00. The van der Waals surface area contributed by atoms with Crippen LogP contribution in [0.5, 0.6) is 0 Å². The predicted octanol–water partition coefficient (Wildman–Crippen LogP) is 2.00. The van der Waals surface area contributed by atoms with Crippen LogP contribution < -0.4 is 5.32 Å². The summed E-state index contributed by atoms with van der Waals surface area (Å²) in [7, 11) is 0. The van der Waals surface area contributed by atoms with Crippen molar-refractivity contribution in [2.75, 3.05) is 19.6 Å². The third-order valence-electron chi connectivity index (χ3n) is 3.75. The average Bonchev–Trinajstić information content (AvgIpc) is 2.85. The molecule has 0 aromatic carbocycles. The molecule has 1 N–H and O–H groups in total. The first-order valence-electron chi connectivity index (χ1n) is 6.37. The van der Waals surface area contributed by atoms with E-state index in [2.05, 4.69) is 17.1 Å². The second-order valence-electron chi connectivity index (χ2n) is 4.86. The molecule has 1 saturated carbocycles. The summed E-state index contributed by atoms with van der Waals surface area (Å²) in [4.78, 5) is 2.72. The van der Waals surface area contributed by atoms with Gasteiger partial charge in [0.15, 0.2) is 0 Å². The summed E-state index contributed by atoms with van der Waals surface area (Å²) >= 11 is 0. The normalized spacial score (nSPS) is 34.1. The van der Waals surface area contributed by atoms with Crippen molar-refractivity contribution in [3.63, 3.8) is 0 Å². The molecule has 1 aliphatic heterocycles. The van der Waals surface area contributed by atoms with Gasteiger partial charge in [0.1, 0.15) is 0 Å². The Morgan fingerprint density at radius 2 is 2.00 bits per heavy atom. The lowest BCUT2D eigenvalue weighted by Gasteiger charge is -2.23. The van der Waals surface area contributed by atoms with Gasteiger partial charge in [-0.1, -0.05) is 6.92 Å². The number of nitrogens with zero attached hydrogens (tertiary/aromatic N) is 1. The van der Waals surface area contributed by atoms with Crippen molar-refractivity contribution in [2.24, 2.45) is 0 Å². The van der Waals surface area contributed by atoms with Crippen LogP contribution in [0.25, 0.3) is 0 Å². The van der Waals surface area contributed by atoms with Crippen LogP contribution in [-0.2, 0) is 0 Å². The Kier molecular flexibility index (Phi) is 3.82. The van der Waals surface area contributed by atoms with Gasteiger partial charge in [-0.15, -0.1) is 0 Å². The Bertz CT molecular complexity index is 164. The molecular weight excluding hydrogens is 172 g/mol. The molecule has 0 amide bonds. The number of likely N-dealkylation sites (tertiary alicyclic amines) is 1. The van der Waals surface area contributed by atoms with Crippen LogP contribution >= 0.6 is 0 Å². The van der Waals surface area contributed by atoms with Gasteiger partial charge in [0.05, 0.1) is 0 Å². The molecule has 2 nitrogen and oxygen atoms in total. The monoisotopic (exact) mass is 196 g/mol. The van der Waals surface area contributed by atoms with Gasteiger partial charge in [0, 0.05) is 12.1 Å². The van der Waals surface area contributed by atoms with Crippen molar-refractivity contribution >= 4 is 0 Å². The lowest BCUT2D eigenvalue weighted by Crippen LogP contribution is -2.33. The fourth-order valence-corrected chi connectivity index (χ4v) is 2.93. The molecule has 1 saturated heterocycles. The third-order valence-corrected chi connectivity index (χ3v) is 3.75. The highest BCUT2D eigenvalue weighted by Gasteiger charge is 2.29. The quantitative estimate of drug-likeness (QED) is 0.740. The van der Waals surface area contributed by atoms with E-state index in [1.807, 2.05) is 0 Å². The molecule has 2 unspecified atom stereocenters. The van der Waals surface area contributed by atoms with Crippen molar-refractivity contribution in [1.82, 2.24) is 10.2 Å². The summed E-state index contributed by atoms with van der Waals surface area (Å²) in [5.41, 5.74) is 0. The molecule has 0 aromatic rings. The maximum atomic E-state index is 3.66. The van der Waals surface area contributed by atoms with Crippen LogP contribution in [0.3, 0.4) is 0 Å². The molecule has 2 rings (SSSR count). The van der Waals surface area contributed by atoms with Crippen molar-refractivity contribution in [3.8, 4) is 0 Å². The van der Waals surface area contributed by atoms with E-state index in [0.717, 1.165) is 12.1 Å². The van der Waals surface area contributed by atoms with E-state index in [9.17, 15) is 0 Å². The first-order chi connectivity index (χ1) is 6.90. The lowest BCUT2D eigenvalue weighted by molar-refractivity contribution is 0.242. The van der Waals surface area contributed by atoms with E-state index in [-0.39, 0.29) is 0 Å². The first kappa shape index (κ1) is 10.4. The Balaban J connectivity index is 1.71. The Labute approximate surface area is 88.1 Å². The fourth-order valence-electron chi connectivity index (χ4n) is 2.93. The second kappa shape index (κ2) is 5.13. The summed E-state index contributed by atoms with van der Waals surface area (Å²) in [6, 6.07) is 1.73. The van der Waals surface area contributed by atoms with Crippen LogP contribution in [0.2, 0.25) is 0 Å². The summed E-state index contributed by atoms with van der Waals surface area (Å²) in [5, 5.41) is 3.66. The maximum Gasteiger partial charge on any atom is 0.0111 e. The Morgan fingerprint density at radius 1 is 1.21 bits per heavy atom. The lowest BCUT2D eigenvalue weighted by atomic mass is 10.2. The molecule has 2 heteroatoms. The highest BCUT2D eigenvalue weighted by atomic mass is 15.2. The van der Waals surface area contributed by atoms with Gasteiger partial charge < -0.3 is 10.2 Å². The molecule has 2 atom stereocenters.